The van der Waals surface area contributed by atoms with E-state index in [1.165, 1.54) is 26.2 Å². The fraction of sp³-hybridized carbons (Fsp3) is 0.579. The van der Waals surface area contributed by atoms with Gasteiger partial charge in [-0.3, -0.25) is 14.9 Å². The predicted octanol–water partition coefficient (Wildman–Crippen LogP) is 2.46. The highest BCUT2D eigenvalue weighted by Gasteiger charge is 2.28. The van der Waals surface area contributed by atoms with Crippen LogP contribution in [0.15, 0.2) is 18.2 Å². The molecule has 1 atom stereocenters. The predicted molar refractivity (Wildman–Crippen MR) is 103 cm³/mol. The van der Waals surface area contributed by atoms with Crippen LogP contribution in [0.25, 0.3) is 0 Å². The lowest BCUT2D eigenvalue weighted by Crippen LogP contribution is -2.44. The summed E-state index contributed by atoms with van der Waals surface area (Å²) in [6.07, 6.45) is 0.909. The summed E-state index contributed by atoms with van der Waals surface area (Å²) >= 11 is 0. The van der Waals surface area contributed by atoms with E-state index in [9.17, 15) is 19.7 Å². The number of methoxy groups -OCH3 is 1. The van der Waals surface area contributed by atoms with Gasteiger partial charge in [-0.05, 0) is 37.8 Å². The molecular weight excluding hydrogens is 366 g/mol. The van der Waals surface area contributed by atoms with Crippen LogP contribution in [0, 0.1) is 16.0 Å². The van der Waals surface area contributed by atoms with E-state index in [-0.39, 0.29) is 22.8 Å². The van der Waals surface area contributed by atoms with Crippen molar-refractivity contribution in [2.75, 3.05) is 38.7 Å². The van der Waals surface area contributed by atoms with E-state index in [0.717, 1.165) is 18.9 Å². The summed E-state index contributed by atoms with van der Waals surface area (Å²) < 4.78 is 10.2. The van der Waals surface area contributed by atoms with Crippen LogP contribution in [0.1, 0.15) is 37.0 Å². The van der Waals surface area contributed by atoms with Crippen LogP contribution in [-0.4, -0.2) is 61.2 Å². The zero-order valence-corrected chi connectivity index (χ0v) is 16.5. The molecule has 0 bridgehead atoms. The maximum atomic E-state index is 12.5. The maximum absolute atomic E-state index is 12.5. The van der Waals surface area contributed by atoms with Gasteiger partial charge in [-0.2, -0.15) is 0 Å². The molecule has 154 valence electrons. The quantitative estimate of drug-likeness (QED) is 0.312. The second-order valence-electron chi connectivity index (χ2n) is 6.96. The van der Waals surface area contributed by atoms with Crippen LogP contribution < -0.4 is 5.32 Å². The molecule has 0 aromatic heterocycles. The highest BCUT2D eigenvalue weighted by atomic mass is 16.6. The number of rotatable bonds is 8. The largest absolute Gasteiger partial charge is 0.449 e. The number of nitrogens with one attached hydrogen (secondary N) is 1. The number of hydrogen-bond donors (Lipinski definition) is 1. The van der Waals surface area contributed by atoms with Crippen molar-refractivity contribution in [1.82, 2.24) is 4.90 Å². The van der Waals surface area contributed by atoms with E-state index in [1.807, 2.05) is 0 Å². The van der Waals surface area contributed by atoms with Gasteiger partial charge in [-0.1, -0.05) is 6.92 Å². The first-order chi connectivity index (χ1) is 13.3. The molecule has 0 aliphatic carbocycles. The Kier molecular flexibility index (Phi) is 7.74. The molecule has 2 rings (SSSR count). The topological polar surface area (TPSA) is 111 Å². The van der Waals surface area contributed by atoms with Crippen molar-refractivity contribution >= 4 is 23.3 Å². The standard InChI is InChI=1S/C19H27N3O6/c1-13-6-9-21(10-7-13)18(23)14(2)28-19(24)15-4-5-16(20-8-11-27-3)17(12-15)22(25)26/h4-5,12-14,20H,6-11H2,1-3H3. The smallest absolute Gasteiger partial charge is 0.339 e. The van der Waals surface area contributed by atoms with Gasteiger partial charge in [0.25, 0.3) is 11.6 Å². The van der Waals surface area contributed by atoms with E-state index in [2.05, 4.69) is 12.2 Å². The third kappa shape index (κ3) is 5.66. The van der Waals surface area contributed by atoms with Crippen LogP contribution in [0.5, 0.6) is 0 Å². The van der Waals surface area contributed by atoms with Crippen molar-refractivity contribution in [3.63, 3.8) is 0 Å². The highest BCUT2D eigenvalue weighted by molar-refractivity contribution is 5.93. The van der Waals surface area contributed by atoms with Gasteiger partial charge in [0.15, 0.2) is 6.10 Å². The molecule has 0 radical (unpaired) electrons. The molecule has 1 fully saturated rings. The molecule has 1 unspecified atom stereocenters. The molecule has 0 spiro atoms. The SMILES string of the molecule is COCCNc1ccc(C(=O)OC(C)C(=O)N2CCC(C)CC2)cc1[N+](=O)[O-]. The Morgan fingerprint density at radius 3 is 2.64 bits per heavy atom. The minimum absolute atomic E-state index is 0.0240. The van der Waals surface area contributed by atoms with Crippen molar-refractivity contribution in [3.05, 3.63) is 33.9 Å². The Morgan fingerprint density at radius 1 is 1.36 bits per heavy atom. The van der Waals surface area contributed by atoms with Gasteiger partial charge in [0.2, 0.25) is 0 Å². The fourth-order valence-electron chi connectivity index (χ4n) is 3.01. The molecule has 1 aromatic carbocycles. The summed E-state index contributed by atoms with van der Waals surface area (Å²) in [5.74, 6) is -0.427. The average molecular weight is 393 g/mol. The Labute approximate surface area is 164 Å². The number of nitrogens with zero attached hydrogens (tertiary/aromatic N) is 2. The number of carbonyl (C=O) groups excluding carboxylic acids is 2. The molecule has 1 heterocycles. The number of hydrogen-bond acceptors (Lipinski definition) is 7. The number of piperidine rings is 1. The molecule has 28 heavy (non-hydrogen) atoms. The number of amides is 1. The minimum Gasteiger partial charge on any atom is -0.449 e. The minimum atomic E-state index is -0.945. The number of carbonyl (C=O) groups is 2. The molecule has 1 aliphatic heterocycles. The maximum Gasteiger partial charge on any atom is 0.339 e. The summed E-state index contributed by atoms with van der Waals surface area (Å²) in [6, 6.07) is 4.03. The van der Waals surface area contributed by atoms with Gasteiger partial charge in [-0.15, -0.1) is 0 Å². The van der Waals surface area contributed by atoms with Crippen molar-refractivity contribution in [2.24, 2.45) is 5.92 Å². The molecule has 1 aliphatic rings. The van der Waals surface area contributed by atoms with Crippen LogP contribution in [0.3, 0.4) is 0 Å². The molecule has 1 saturated heterocycles. The van der Waals surface area contributed by atoms with Crippen LogP contribution in [-0.2, 0) is 14.3 Å². The first-order valence-electron chi connectivity index (χ1n) is 9.34. The van der Waals surface area contributed by atoms with Crippen LogP contribution in [0.4, 0.5) is 11.4 Å². The number of ether oxygens (including phenoxy) is 2. The molecule has 1 N–H and O–H groups in total. The summed E-state index contributed by atoms with van der Waals surface area (Å²) in [7, 11) is 1.53. The van der Waals surface area contributed by atoms with Gasteiger partial charge in [0.05, 0.1) is 17.1 Å². The van der Waals surface area contributed by atoms with Gasteiger partial charge in [0, 0.05) is 32.8 Å². The summed E-state index contributed by atoms with van der Waals surface area (Å²) in [6.45, 7) is 5.74. The average Bonchev–Trinajstić information content (AvgIpc) is 2.68. The normalized spacial score (nSPS) is 15.8. The Bertz CT molecular complexity index is 716. The van der Waals surface area contributed by atoms with E-state index >= 15 is 0 Å². The number of anilines is 1. The third-order valence-corrected chi connectivity index (χ3v) is 4.78. The first-order valence-corrected chi connectivity index (χ1v) is 9.34. The molecule has 0 saturated carbocycles. The van der Waals surface area contributed by atoms with Crippen molar-refractivity contribution in [2.45, 2.75) is 32.8 Å². The number of nitro groups is 1. The fourth-order valence-corrected chi connectivity index (χ4v) is 3.01. The molecule has 1 aromatic rings. The molecule has 9 nitrogen and oxygen atoms in total. The Morgan fingerprint density at radius 2 is 2.04 bits per heavy atom. The Balaban J connectivity index is 2.03. The second-order valence-corrected chi connectivity index (χ2v) is 6.96. The van der Waals surface area contributed by atoms with E-state index in [0.29, 0.717) is 32.2 Å². The van der Waals surface area contributed by atoms with Gasteiger partial charge in [0.1, 0.15) is 5.69 Å². The summed E-state index contributed by atoms with van der Waals surface area (Å²) in [4.78, 5) is 37.3. The zero-order valence-electron chi connectivity index (χ0n) is 16.5. The third-order valence-electron chi connectivity index (χ3n) is 4.78. The van der Waals surface area contributed by atoms with Gasteiger partial charge < -0.3 is 19.7 Å². The van der Waals surface area contributed by atoms with E-state index < -0.39 is 17.0 Å². The molecule has 1 amide bonds. The monoisotopic (exact) mass is 393 g/mol. The molecular formula is C19H27N3O6. The van der Waals surface area contributed by atoms with Gasteiger partial charge >= 0.3 is 5.97 Å². The number of nitro benzene ring substituents is 1. The van der Waals surface area contributed by atoms with Crippen molar-refractivity contribution in [3.8, 4) is 0 Å². The van der Waals surface area contributed by atoms with Crippen molar-refractivity contribution < 1.29 is 24.0 Å². The first kappa shape index (κ1) is 21.6. The lowest BCUT2D eigenvalue weighted by molar-refractivity contribution is -0.384. The van der Waals surface area contributed by atoms with Crippen LogP contribution in [0.2, 0.25) is 0 Å². The number of esters is 1. The second kappa shape index (κ2) is 10.0. The van der Waals surface area contributed by atoms with Crippen molar-refractivity contribution in [1.29, 1.82) is 0 Å². The summed E-state index contributed by atoms with van der Waals surface area (Å²) in [5.41, 5.74) is 0.0654. The van der Waals surface area contributed by atoms with Crippen LogP contribution >= 0.6 is 0 Å². The van der Waals surface area contributed by atoms with Gasteiger partial charge in [-0.25, -0.2) is 4.79 Å². The van der Waals surface area contributed by atoms with E-state index in [4.69, 9.17) is 9.47 Å². The number of likely N-dealkylation sites (tertiary alicyclic amines) is 1. The lowest BCUT2D eigenvalue weighted by atomic mass is 9.99. The Hall–Kier alpha value is -2.68. The summed E-state index contributed by atoms with van der Waals surface area (Å²) in [5, 5.41) is 14.2. The highest BCUT2D eigenvalue weighted by Crippen LogP contribution is 2.26. The number of benzene rings is 1. The lowest BCUT2D eigenvalue weighted by Gasteiger charge is -2.31. The van der Waals surface area contributed by atoms with E-state index in [1.54, 1.807) is 4.90 Å². The zero-order chi connectivity index (χ0) is 20.7. The molecule has 9 heteroatoms.